The molecule has 1 unspecified atom stereocenters. The van der Waals surface area contributed by atoms with E-state index < -0.39 is 27.5 Å². The first-order chi connectivity index (χ1) is 24.1. The molecule has 7 rings (SSSR count). The summed E-state index contributed by atoms with van der Waals surface area (Å²) in [7, 11) is 2.31. The molecule has 3 aliphatic rings. The van der Waals surface area contributed by atoms with E-state index >= 15 is 4.79 Å². The molecule has 0 aliphatic carbocycles. The third kappa shape index (κ3) is 5.75. The van der Waals surface area contributed by atoms with Crippen LogP contribution in [0.4, 0.5) is 5.69 Å². The van der Waals surface area contributed by atoms with Crippen LogP contribution in [0.25, 0.3) is 0 Å². The monoisotopic (exact) mass is 721 g/mol. The van der Waals surface area contributed by atoms with Crippen LogP contribution >= 0.6 is 11.6 Å². The van der Waals surface area contributed by atoms with Gasteiger partial charge >= 0.3 is 0 Å². The normalized spacial score (nSPS) is 23.4. The summed E-state index contributed by atoms with van der Waals surface area (Å²) in [6.45, 7) is 4.56. The number of likely N-dealkylation sites (tertiary alicyclic amines) is 1. The lowest BCUT2D eigenvalue weighted by Crippen LogP contribution is -2.55. The molecule has 1 amide bonds. The van der Waals surface area contributed by atoms with Crippen molar-refractivity contribution in [3.8, 4) is 11.5 Å². The van der Waals surface area contributed by atoms with Crippen molar-refractivity contribution in [3.05, 3.63) is 101 Å². The third-order valence-corrected chi connectivity index (χ3v) is 12.0. The fraction of sp³-hybridized carbons (Fsp3) is 0.389. The van der Waals surface area contributed by atoms with Crippen molar-refractivity contribution in [2.24, 2.45) is 0 Å². The molecule has 50 heavy (non-hydrogen) atoms. The Balaban J connectivity index is 1.48. The number of benzene rings is 3. The van der Waals surface area contributed by atoms with Crippen LogP contribution in [0.1, 0.15) is 35.0 Å². The number of halogens is 1. The number of carbonyl (C=O) groups is 1. The van der Waals surface area contributed by atoms with E-state index in [2.05, 4.69) is 21.8 Å². The number of nitrogens with zero attached hydrogens (tertiary/aromatic N) is 5. The minimum absolute atomic E-state index is 0.0698. The number of methoxy groups -OCH3 is 3. The Labute approximate surface area is 297 Å². The summed E-state index contributed by atoms with van der Waals surface area (Å²) in [5.41, 5.74) is 0.271. The highest BCUT2D eigenvalue weighted by Crippen LogP contribution is 2.57. The molecule has 3 aromatic carbocycles. The second-order valence-electron chi connectivity index (χ2n) is 12.9. The van der Waals surface area contributed by atoms with Crippen molar-refractivity contribution in [1.29, 1.82) is 0 Å². The summed E-state index contributed by atoms with van der Waals surface area (Å²) < 4.78 is 53.3. The SMILES string of the molecule is COc1ccc(S(=O)(=O)N2C(=O)C(c3cc(CN4CCN(C)CC4)ccc3OC)(N3C[C@H](OC)C[C@H]3c3ncco3)c3cc(Cl)ccc32)cc1. The lowest BCUT2D eigenvalue weighted by Gasteiger charge is -2.41. The van der Waals surface area contributed by atoms with Crippen molar-refractivity contribution in [2.45, 2.75) is 35.5 Å². The number of rotatable bonds is 10. The molecule has 4 aromatic rings. The van der Waals surface area contributed by atoms with Crippen LogP contribution in [-0.4, -0.2) is 101 Å². The highest BCUT2D eigenvalue weighted by Gasteiger charge is 2.64. The van der Waals surface area contributed by atoms with Gasteiger partial charge in [-0.1, -0.05) is 17.7 Å². The van der Waals surface area contributed by atoms with E-state index in [1.165, 1.54) is 25.5 Å². The maximum Gasteiger partial charge on any atom is 0.271 e. The van der Waals surface area contributed by atoms with Gasteiger partial charge in [0.15, 0.2) is 5.54 Å². The van der Waals surface area contributed by atoms with Crippen molar-refractivity contribution in [1.82, 2.24) is 19.7 Å². The predicted molar refractivity (Wildman–Crippen MR) is 187 cm³/mol. The Hall–Kier alpha value is -3.98. The molecular weight excluding hydrogens is 682 g/mol. The van der Waals surface area contributed by atoms with Gasteiger partial charge in [0.2, 0.25) is 5.89 Å². The van der Waals surface area contributed by atoms with Gasteiger partial charge in [-0.25, -0.2) is 17.7 Å². The summed E-state index contributed by atoms with van der Waals surface area (Å²) in [6.07, 6.45) is 3.15. The van der Waals surface area contributed by atoms with Gasteiger partial charge in [-0.15, -0.1) is 0 Å². The summed E-state index contributed by atoms with van der Waals surface area (Å²) >= 11 is 6.73. The molecule has 0 N–H and O–H groups in total. The fourth-order valence-electron chi connectivity index (χ4n) is 7.50. The molecule has 0 bridgehead atoms. The first-order valence-corrected chi connectivity index (χ1v) is 18.2. The number of fused-ring (bicyclic) bond motifs is 1. The van der Waals surface area contributed by atoms with Gasteiger partial charge in [0.25, 0.3) is 15.9 Å². The Kier molecular flexibility index (Phi) is 9.39. The number of likely N-dealkylation sites (N-methyl/N-ethyl adjacent to an activating group) is 1. The van der Waals surface area contributed by atoms with Crippen LogP contribution in [0.15, 0.2) is 82.4 Å². The van der Waals surface area contributed by atoms with E-state index in [0.717, 1.165) is 36.0 Å². The molecule has 14 heteroatoms. The van der Waals surface area contributed by atoms with E-state index in [0.29, 0.717) is 46.5 Å². The molecule has 3 atom stereocenters. The van der Waals surface area contributed by atoms with Crippen LogP contribution in [-0.2, 0) is 31.6 Å². The van der Waals surface area contributed by atoms with E-state index in [4.69, 9.17) is 30.2 Å². The number of oxazole rings is 1. The second kappa shape index (κ2) is 13.6. The summed E-state index contributed by atoms with van der Waals surface area (Å²) in [5, 5.41) is 0.340. The lowest BCUT2D eigenvalue weighted by molar-refractivity contribution is -0.127. The zero-order chi connectivity index (χ0) is 35.2. The topological polar surface area (TPSA) is 118 Å². The minimum Gasteiger partial charge on any atom is -0.497 e. The molecule has 3 aliphatic heterocycles. The van der Waals surface area contributed by atoms with Crippen LogP contribution in [0.5, 0.6) is 11.5 Å². The van der Waals surface area contributed by atoms with E-state index in [1.807, 2.05) is 23.1 Å². The molecular formula is C36H40ClN5O7S. The number of amides is 1. The van der Waals surface area contributed by atoms with Gasteiger partial charge in [-0.05, 0) is 73.6 Å². The molecule has 12 nitrogen and oxygen atoms in total. The summed E-state index contributed by atoms with van der Waals surface area (Å²) in [6, 6.07) is 16.1. The minimum atomic E-state index is -4.46. The van der Waals surface area contributed by atoms with Gasteiger partial charge in [-0.3, -0.25) is 14.6 Å². The van der Waals surface area contributed by atoms with E-state index in [9.17, 15) is 8.42 Å². The summed E-state index contributed by atoms with van der Waals surface area (Å²) in [5.74, 6) is 0.581. The summed E-state index contributed by atoms with van der Waals surface area (Å²) in [4.78, 5) is 26.8. The van der Waals surface area contributed by atoms with Gasteiger partial charge in [0, 0.05) is 62.5 Å². The average Bonchev–Trinajstić information content (AvgIpc) is 3.86. The Morgan fingerprint density at radius 1 is 0.960 bits per heavy atom. The first-order valence-electron chi connectivity index (χ1n) is 16.4. The number of hydrogen-bond acceptors (Lipinski definition) is 11. The zero-order valence-corrected chi connectivity index (χ0v) is 30.0. The number of piperazine rings is 1. The van der Waals surface area contributed by atoms with Crippen molar-refractivity contribution in [2.75, 3.05) is 65.4 Å². The number of anilines is 1. The molecule has 1 aromatic heterocycles. The molecule has 2 fully saturated rings. The Morgan fingerprint density at radius 3 is 2.38 bits per heavy atom. The second-order valence-corrected chi connectivity index (χ2v) is 15.1. The molecule has 0 spiro atoms. The van der Waals surface area contributed by atoms with E-state index in [-0.39, 0.29) is 23.2 Å². The highest BCUT2D eigenvalue weighted by molar-refractivity contribution is 7.93. The molecule has 264 valence electrons. The van der Waals surface area contributed by atoms with Crippen molar-refractivity contribution < 1.29 is 31.8 Å². The molecule has 0 radical (unpaired) electrons. The van der Waals surface area contributed by atoms with Crippen LogP contribution in [0, 0.1) is 0 Å². The predicted octanol–water partition coefficient (Wildman–Crippen LogP) is 4.53. The van der Waals surface area contributed by atoms with Crippen LogP contribution < -0.4 is 13.8 Å². The zero-order valence-electron chi connectivity index (χ0n) is 28.4. The molecule has 0 saturated carbocycles. The standard InChI is InChI=1S/C36H40ClN5O7S/c1-39-14-16-40(17-15-39)22-24-5-12-33(48-4)30(19-24)36(41-23-27(47-3)21-32(41)34-38-13-18-49-34)29-20-25(37)6-11-31(29)42(35(36)43)50(44,45)28-9-7-26(46-2)8-10-28/h5-13,18-20,27,32H,14-17,21-23H2,1-4H3/t27-,32+,36?/m1/s1. The molecule has 2 saturated heterocycles. The maximum absolute atomic E-state index is 15.7. The Bertz CT molecular complexity index is 1970. The van der Waals surface area contributed by atoms with Gasteiger partial charge in [0.05, 0.1) is 43.1 Å². The Morgan fingerprint density at radius 2 is 1.72 bits per heavy atom. The smallest absolute Gasteiger partial charge is 0.271 e. The van der Waals surface area contributed by atoms with Crippen LogP contribution in [0.3, 0.4) is 0 Å². The first kappa shape index (κ1) is 34.5. The van der Waals surface area contributed by atoms with Crippen LogP contribution in [0.2, 0.25) is 5.02 Å². The van der Waals surface area contributed by atoms with E-state index in [1.54, 1.807) is 50.7 Å². The average molecular weight is 722 g/mol. The lowest BCUT2D eigenvalue weighted by atomic mass is 9.80. The largest absolute Gasteiger partial charge is 0.497 e. The quantitative estimate of drug-likeness (QED) is 0.230. The molecule has 4 heterocycles. The van der Waals surface area contributed by atoms with Crippen molar-refractivity contribution >= 4 is 33.2 Å². The number of carbonyl (C=O) groups excluding carboxylic acids is 1. The van der Waals surface area contributed by atoms with Gasteiger partial charge in [0.1, 0.15) is 17.8 Å². The van der Waals surface area contributed by atoms with Crippen molar-refractivity contribution in [3.63, 3.8) is 0 Å². The van der Waals surface area contributed by atoms with Gasteiger partial charge < -0.3 is 23.5 Å². The number of sulfonamides is 1. The fourth-order valence-corrected chi connectivity index (χ4v) is 9.13. The highest BCUT2D eigenvalue weighted by atomic mass is 35.5. The maximum atomic E-state index is 15.7. The number of aromatic nitrogens is 1. The van der Waals surface area contributed by atoms with Gasteiger partial charge in [-0.2, -0.15) is 0 Å². The number of hydrogen-bond donors (Lipinski definition) is 0. The third-order valence-electron chi connectivity index (χ3n) is 10.1. The number of ether oxygens (including phenoxy) is 3.